The van der Waals surface area contributed by atoms with Crippen LogP contribution in [0.5, 0.6) is 0 Å². The standard InChI is InChI=1S/C23H24N4O3S/c28-10-8-25-22(29)21-20(17-2-1-6-26-23(17)31-21)19-14-27(9-11-30-19)13-15-3-4-18-16(12-15)5-7-24-18/h1-7,12,19,24,28H,8-11,13-14H2,(H,25,29)/t19-/m1/s1. The quantitative estimate of drug-likeness (QED) is 0.432. The highest BCUT2D eigenvalue weighted by Gasteiger charge is 2.30. The lowest BCUT2D eigenvalue weighted by Crippen LogP contribution is -2.38. The van der Waals surface area contributed by atoms with E-state index in [1.807, 2.05) is 18.3 Å². The van der Waals surface area contributed by atoms with E-state index in [2.05, 4.69) is 44.5 Å². The van der Waals surface area contributed by atoms with E-state index in [9.17, 15) is 4.79 Å². The molecule has 0 unspecified atom stereocenters. The Kier molecular flexibility index (Phi) is 5.69. The Morgan fingerprint density at radius 1 is 1.35 bits per heavy atom. The van der Waals surface area contributed by atoms with E-state index in [1.54, 1.807) is 6.20 Å². The number of carbonyl (C=O) groups is 1. The van der Waals surface area contributed by atoms with Crippen LogP contribution in [0, 0.1) is 0 Å². The molecule has 1 aromatic carbocycles. The maximum absolute atomic E-state index is 12.8. The van der Waals surface area contributed by atoms with Gasteiger partial charge in [0, 0.05) is 55.0 Å². The number of aromatic amines is 1. The maximum atomic E-state index is 12.8. The normalized spacial score (nSPS) is 17.4. The van der Waals surface area contributed by atoms with Crippen molar-refractivity contribution in [3.05, 3.63) is 64.8 Å². The average Bonchev–Trinajstić information content (AvgIpc) is 3.42. The molecule has 4 aromatic rings. The number of H-pyrrole nitrogens is 1. The first-order valence-corrected chi connectivity index (χ1v) is 11.2. The van der Waals surface area contributed by atoms with E-state index in [0.29, 0.717) is 18.0 Å². The molecular formula is C23H24N4O3S. The molecule has 1 atom stereocenters. The maximum Gasteiger partial charge on any atom is 0.261 e. The zero-order valence-corrected chi connectivity index (χ0v) is 17.8. The molecule has 8 heteroatoms. The minimum absolute atomic E-state index is 0.0938. The van der Waals surface area contributed by atoms with Gasteiger partial charge in [-0.05, 0) is 35.2 Å². The van der Waals surface area contributed by atoms with Gasteiger partial charge < -0.3 is 20.1 Å². The predicted octanol–water partition coefficient (Wildman–Crippen LogP) is 3.07. The third-order valence-electron chi connectivity index (χ3n) is 5.60. The molecule has 0 aliphatic carbocycles. The molecule has 1 saturated heterocycles. The number of aliphatic hydroxyl groups is 1. The number of rotatable bonds is 6. The third-order valence-corrected chi connectivity index (χ3v) is 6.73. The van der Waals surface area contributed by atoms with Crippen molar-refractivity contribution in [3.63, 3.8) is 0 Å². The van der Waals surface area contributed by atoms with Gasteiger partial charge in [-0.2, -0.15) is 0 Å². The van der Waals surface area contributed by atoms with Crippen molar-refractivity contribution in [2.45, 2.75) is 12.6 Å². The molecule has 1 fully saturated rings. The van der Waals surface area contributed by atoms with Gasteiger partial charge in [-0.3, -0.25) is 9.69 Å². The molecule has 0 bridgehead atoms. The van der Waals surface area contributed by atoms with Crippen molar-refractivity contribution in [1.82, 2.24) is 20.2 Å². The highest BCUT2D eigenvalue weighted by atomic mass is 32.1. The van der Waals surface area contributed by atoms with Crippen LogP contribution < -0.4 is 5.32 Å². The molecule has 4 heterocycles. The van der Waals surface area contributed by atoms with Crippen LogP contribution in [0.3, 0.4) is 0 Å². The molecule has 160 valence electrons. The van der Waals surface area contributed by atoms with E-state index in [1.165, 1.54) is 22.3 Å². The van der Waals surface area contributed by atoms with Crippen LogP contribution in [-0.4, -0.2) is 58.7 Å². The number of carbonyl (C=O) groups excluding carboxylic acids is 1. The number of thiophene rings is 1. The topological polar surface area (TPSA) is 90.5 Å². The first-order valence-electron chi connectivity index (χ1n) is 10.4. The summed E-state index contributed by atoms with van der Waals surface area (Å²) in [5, 5.41) is 14.0. The second-order valence-corrected chi connectivity index (χ2v) is 8.67. The highest BCUT2D eigenvalue weighted by Crippen LogP contribution is 2.37. The lowest BCUT2D eigenvalue weighted by atomic mass is 10.0. The highest BCUT2D eigenvalue weighted by molar-refractivity contribution is 7.20. The molecule has 3 aromatic heterocycles. The first kappa shape index (κ1) is 20.1. The van der Waals surface area contributed by atoms with Crippen molar-refractivity contribution < 1.29 is 14.6 Å². The van der Waals surface area contributed by atoms with Crippen molar-refractivity contribution in [2.24, 2.45) is 0 Å². The van der Waals surface area contributed by atoms with Gasteiger partial charge in [-0.25, -0.2) is 4.98 Å². The average molecular weight is 437 g/mol. The Bertz CT molecular complexity index is 1220. The fourth-order valence-corrected chi connectivity index (χ4v) is 5.28. The summed E-state index contributed by atoms with van der Waals surface area (Å²) in [4.78, 5) is 24.3. The van der Waals surface area contributed by atoms with Crippen molar-refractivity contribution in [3.8, 4) is 0 Å². The number of amides is 1. The number of fused-ring (bicyclic) bond motifs is 2. The summed E-state index contributed by atoms with van der Waals surface area (Å²) < 4.78 is 6.15. The monoisotopic (exact) mass is 436 g/mol. The van der Waals surface area contributed by atoms with Crippen LogP contribution in [0.1, 0.15) is 26.9 Å². The number of aromatic nitrogens is 2. The van der Waals surface area contributed by atoms with Crippen molar-refractivity contribution in [1.29, 1.82) is 0 Å². The molecule has 31 heavy (non-hydrogen) atoms. The van der Waals surface area contributed by atoms with Crippen LogP contribution in [0.2, 0.25) is 0 Å². The van der Waals surface area contributed by atoms with Crippen LogP contribution in [-0.2, 0) is 11.3 Å². The summed E-state index contributed by atoms with van der Waals surface area (Å²) in [7, 11) is 0. The fraction of sp³-hybridized carbons (Fsp3) is 0.304. The smallest absolute Gasteiger partial charge is 0.261 e. The minimum Gasteiger partial charge on any atom is -0.395 e. The summed E-state index contributed by atoms with van der Waals surface area (Å²) in [6.45, 7) is 3.10. The number of ether oxygens (including phenoxy) is 1. The number of pyridine rings is 1. The Balaban J connectivity index is 1.42. The summed E-state index contributed by atoms with van der Waals surface area (Å²) >= 11 is 1.38. The van der Waals surface area contributed by atoms with Gasteiger partial charge in [-0.15, -0.1) is 11.3 Å². The van der Waals surface area contributed by atoms with Gasteiger partial charge in [0.25, 0.3) is 5.91 Å². The Morgan fingerprint density at radius 3 is 3.19 bits per heavy atom. The Labute approximate surface area is 183 Å². The molecular weight excluding hydrogens is 412 g/mol. The first-order chi connectivity index (χ1) is 15.2. The molecule has 1 aliphatic rings. The second kappa shape index (κ2) is 8.76. The van der Waals surface area contributed by atoms with Gasteiger partial charge in [-0.1, -0.05) is 12.1 Å². The Hall–Kier alpha value is -2.78. The van der Waals surface area contributed by atoms with E-state index in [0.717, 1.165) is 34.4 Å². The van der Waals surface area contributed by atoms with Gasteiger partial charge in [0.15, 0.2) is 0 Å². The molecule has 1 aliphatic heterocycles. The summed E-state index contributed by atoms with van der Waals surface area (Å²) in [5.74, 6) is -0.189. The number of morpholine rings is 1. The number of benzene rings is 1. The molecule has 7 nitrogen and oxygen atoms in total. The second-order valence-electron chi connectivity index (χ2n) is 7.67. The molecule has 3 N–H and O–H groups in total. The van der Waals surface area contributed by atoms with E-state index in [4.69, 9.17) is 9.84 Å². The third kappa shape index (κ3) is 4.07. The minimum atomic E-state index is -0.211. The summed E-state index contributed by atoms with van der Waals surface area (Å²) in [6, 6.07) is 12.5. The zero-order chi connectivity index (χ0) is 21.2. The lowest BCUT2D eigenvalue weighted by molar-refractivity contribution is -0.0323. The fourth-order valence-electron chi connectivity index (χ4n) is 4.17. The van der Waals surface area contributed by atoms with Gasteiger partial charge in [0.2, 0.25) is 0 Å². The van der Waals surface area contributed by atoms with Crippen molar-refractivity contribution in [2.75, 3.05) is 32.8 Å². The van der Waals surface area contributed by atoms with Gasteiger partial charge in [0.1, 0.15) is 9.71 Å². The molecule has 0 saturated carbocycles. The van der Waals surface area contributed by atoms with E-state index in [-0.39, 0.29) is 25.2 Å². The van der Waals surface area contributed by atoms with Gasteiger partial charge in [0.05, 0.1) is 19.3 Å². The van der Waals surface area contributed by atoms with Crippen LogP contribution >= 0.6 is 11.3 Å². The van der Waals surface area contributed by atoms with Crippen LogP contribution in [0.25, 0.3) is 21.1 Å². The number of nitrogens with zero attached hydrogens (tertiary/aromatic N) is 2. The summed E-state index contributed by atoms with van der Waals surface area (Å²) in [6.07, 6.45) is 3.49. The van der Waals surface area contributed by atoms with Crippen LogP contribution in [0.4, 0.5) is 0 Å². The predicted molar refractivity (Wildman–Crippen MR) is 121 cm³/mol. The number of nitrogens with one attached hydrogen (secondary N) is 2. The Morgan fingerprint density at radius 2 is 2.29 bits per heavy atom. The van der Waals surface area contributed by atoms with Crippen molar-refractivity contribution >= 4 is 38.4 Å². The molecule has 0 radical (unpaired) electrons. The molecule has 0 spiro atoms. The molecule has 5 rings (SSSR count). The number of hydrogen-bond donors (Lipinski definition) is 3. The largest absolute Gasteiger partial charge is 0.395 e. The molecule has 1 amide bonds. The van der Waals surface area contributed by atoms with E-state index < -0.39 is 0 Å². The summed E-state index contributed by atoms with van der Waals surface area (Å²) in [5.41, 5.74) is 3.29. The SMILES string of the molecule is O=C(NCCO)c1sc2ncccc2c1[C@H]1CN(Cc2ccc3[nH]ccc3c2)CCO1. The number of aliphatic hydroxyl groups excluding tert-OH is 1. The van der Waals surface area contributed by atoms with E-state index >= 15 is 0 Å². The zero-order valence-electron chi connectivity index (χ0n) is 17.0. The lowest BCUT2D eigenvalue weighted by Gasteiger charge is -2.33. The number of hydrogen-bond acceptors (Lipinski definition) is 6. The van der Waals surface area contributed by atoms with Crippen LogP contribution in [0.15, 0.2) is 48.8 Å². The van der Waals surface area contributed by atoms with Gasteiger partial charge >= 0.3 is 0 Å².